The Hall–Kier alpha value is 0. The normalized spacial score (nSPS) is 15.9. The van der Waals surface area contributed by atoms with Crippen molar-refractivity contribution in [1.82, 2.24) is 0 Å². The van der Waals surface area contributed by atoms with Crippen molar-refractivity contribution < 1.29 is 0 Å². The van der Waals surface area contributed by atoms with Crippen molar-refractivity contribution in [2.45, 2.75) is 67.7 Å². The Kier molecular flexibility index (Phi) is 4.48. The van der Waals surface area contributed by atoms with Gasteiger partial charge in [-0.3, -0.25) is 0 Å². The maximum absolute atomic E-state index is 2.38. The zero-order valence-corrected chi connectivity index (χ0v) is 10.7. The van der Waals surface area contributed by atoms with Crippen molar-refractivity contribution in [3.63, 3.8) is 0 Å². The van der Waals surface area contributed by atoms with Gasteiger partial charge in [0, 0.05) is 0 Å². The second-order valence-corrected chi connectivity index (χ2v) is 6.72. The molecule has 13 heavy (non-hydrogen) atoms. The first-order valence-corrected chi connectivity index (χ1v) is 5.63. The van der Waals surface area contributed by atoms with E-state index in [1.165, 1.54) is 19.3 Å². The van der Waals surface area contributed by atoms with E-state index in [4.69, 9.17) is 0 Å². The minimum absolute atomic E-state index is 0.484. The topological polar surface area (TPSA) is 0 Å². The average molecular weight is 184 g/mol. The molecule has 1 atom stereocenters. The van der Waals surface area contributed by atoms with Crippen LogP contribution in [0, 0.1) is 16.7 Å². The highest BCUT2D eigenvalue weighted by Crippen LogP contribution is 2.31. The lowest BCUT2D eigenvalue weighted by atomic mass is 9.78. The largest absolute Gasteiger partial charge is 0.0620 e. The van der Waals surface area contributed by atoms with Gasteiger partial charge in [-0.2, -0.15) is 0 Å². The Morgan fingerprint density at radius 3 is 1.69 bits per heavy atom. The minimum Gasteiger partial charge on any atom is -0.0620 e. The fourth-order valence-electron chi connectivity index (χ4n) is 1.37. The highest BCUT2D eigenvalue weighted by Gasteiger charge is 2.20. The lowest BCUT2D eigenvalue weighted by Gasteiger charge is -2.28. The maximum atomic E-state index is 2.38. The van der Waals surface area contributed by atoms with Gasteiger partial charge < -0.3 is 0 Å². The Bertz CT molecular complexity index is 131. The predicted molar refractivity (Wildman–Crippen MR) is 61.9 cm³/mol. The summed E-state index contributed by atoms with van der Waals surface area (Å²) in [6.45, 7) is 16.4. The van der Waals surface area contributed by atoms with E-state index in [0.29, 0.717) is 10.8 Å². The molecule has 0 bridgehead atoms. The van der Waals surface area contributed by atoms with Gasteiger partial charge >= 0.3 is 0 Å². The van der Waals surface area contributed by atoms with Crippen LogP contribution in [-0.2, 0) is 0 Å². The van der Waals surface area contributed by atoms with Crippen molar-refractivity contribution in [2.24, 2.45) is 16.7 Å². The van der Waals surface area contributed by atoms with Crippen LogP contribution in [0.25, 0.3) is 0 Å². The van der Waals surface area contributed by atoms with E-state index in [-0.39, 0.29) is 0 Å². The quantitative estimate of drug-likeness (QED) is 0.586. The van der Waals surface area contributed by atoms with E-state index in [2.05, 4.69) is 48.5 Å². The Balaban J connectivity index is 3.67. The third-order valence-corrected chi connectivity index (χ3v) is 3.04. The van der Waals surface area contributed by atoms with Gasteiger partial charge in [-0.15, -0.1) is 0 Å². The fourth-order valence-corrected chi connectivity index (χ4v) is 1.37. The molecule has 0 radical (unpaired) electrons. The molecule has 0 spiro atoms. The summed E-state index contributed by atoms with van der Waals surface area (Å²) >= 11 is 0. The second kappa shape index (κ2) is 4.48. The molecule has 0 aromatic carbocycles. The van der Waals surface area contributed by atoms with Crippen LogP contribution in [0.15, 0.2) is 0 Å². The molecular weight excluding hydrogens is 156 g/mol. The zero-order chi connectivity index (χ0) is 10.7. The van der Waals surface area contributed by atoms with Crippen molar-refractivity contribution in [2.75, 3.05) is 0 Å². The van der Waals surface area contributed by atoms with Crippen molar-refractivity contribution in [3.05, 3.63) is 0 Å². The summed E-state index contributed by atoms with van der Waals surface area (Å²) in [4.78, 5) is 0. The van der Waals surface area contributed by atoms with Crippen LogP contribution in [0.4, 0.5) is 0 Å². The monoisotopic (exact) mass is 184 g/mol. The summed E-state index contributed by atoms with van der Waals surface area (Å²) in [6.07, 6.45) is 4.11. The summed E-state index contributed by atoms with van der Waals surface area (Å²) in [5.74, 6) is 0.842. The van der Waals surface area contributed by atoms with Gasteiger partial charge in [0.25, 0.3) is 0 Å². The third kappa shape index (κ3) is 7.10. The van der Waals surface area contributed by atoms with Crippen LogP contribution in [0.5, 0.6) is 0 Å². The summed E-state index contributed by atoms with van der Waals surface area (Å²) < 4.78 is 0. The van der Waals surface area contributed by atoms with E-state index in [9.17, 15) is 0 Å². The van der Waals surface area contributed by atoms with E-state index < -0.39 is 0 Å². The fraction of sp³-hybridized carbons (Fsp3) is 1.00. The average Bonchev–Trinajstić information content (AvgIpc) is 1.82. The van der Waals surface area contributed by atoms with Gasteiger partial charge in [-0.25, -0.2) is 0 Å². The first-order chi connectivity index (χ1) is 5.63. The van der Waals surface area contributed by atoms with Crippen LogP contribution >= 0.6 is 0 Å². The molecule has 0 heterocycles. The van der Waals surface area contributed by atoms with Crippen LogP contribution in [-0.4, -0.2) is 0 Å². The molecule has 0 nitrogen and oxygen atoms in total. The Morgan fingerprint density at radius 1 is 0.923 bits per heavy atom. The molecule has 0 saturated heterocycles. The Morgan fingerprint density at radius 2 is 1.38 bits per heavy atom. The molecule has 0 unspecified atom stereocenters. The van der Waals surface area contributed by atoms with Crippen LogP contribution in [0.2, 0.25) is 0 Å². The molecule has 80 valence electrons. The smallest absolute Gasteiger partial charge is 0.0357 e. The molecule has 0 rings (SSSR count). The molecule has 0 heteroatoms. The number of hydrogen-bond donors (Lipinski definition) is 0. The van der Waals surface area contributed by atoms with Crippen LogP contribution in [0.1, 0.15) is 67.7 Å². The second-order valence-electron chi connectivity index (χ2n) is 6.72. The van der Waals surface area contributed by atoms with Gasteiger partial charge in [0.05, 0.1) is 0 Å². The van der Waals surface area contributed by atoms with Crippen LogP contribution < -0.4 is 0 Å². The minimum atomic E-state index is 0.484. The van der Waals surface area contributed by atoms with E-state index in [0.717, 1.165) is 5.92 Å². The van der Waals surface area contributed by atoms with Gasteiger partial charge in [0.1, 0.15) is 0 Å². The highest BCUT2D eigenvalue weighted by atomic mass is 14.3. The van der Waals surface area contributed by atoms with Gasteiger partial charge in [0.15, 0.2) is 0 Å². The van der Waals surface area contributed by atoms with Crippen molar-refractivity contribution in [1.29, 1.82) is 0 Å². The first-order valence-electron chi connectivity index (χ1n) is 5.63. The highest BCUT2D eigenvalue weighted by molar-refractivity contribution is 4.71. The SMILES string of the molecule is C[C@H](CCCC(C)(C)C)C(C)(C)C. The third-order valence-electron chi connectivity index (χ3n) is 3.04. The molecule has 0 aliphatic rings. The lowest BCUT2D eigenvalue weighted by Crippen LogP contribution is -2.17. The predicted octanol–water partition coefficient (Wildman–Crippen LogP) is 4.89. The summed E-state index contributed by atoms with van der Waals surface area (Å²) in [7, 11) is 0. The lowest BCUT2D eigenvalue weighted by molar-refractivity contribution is 0.229. The summed E-state index contributed by atoms with van der Waals surface area (Å²) in [6, 6.07) is 0. The molecule has 0 saturated carbocycles. The van der Waals surface area contributed by atoms with Gasteiger partial charge in [0.2, 0.25) is 0 Å². The van der Waals surface area contributed by atoms with Gasteiger partial charge in [-0.1, -0.05) is 61.3 Å². The molecule has 0 N–H and O–H groups in total. The molecule has 0 aromatic rings. The zero-order valence-electron chi connectivity index (χ0n) is 10.7. The van der Waals surface area contributed by atoms with E-state index >= 15 is 0 Å². The first kappa shape index (κ1) is 13.0. The van der Waals surface area contributed by atoms with E-state index in [1.807, 2.05) is 0 Å². The maximum Gasteiger partial charge on any atom is -0.0357 e. The number of hydrogen-bond acceptors (Lipinski definition) is 0. The summed E-state index contributed by atoms with van der Waals surface area (Å²) in [5.41, 5.74) is 0.996. The molecular formula is C13H28. The van der Waals surface area contributed by atoms with Crippen LogP contribution in [0.3, 0.4) is 0 Å². The van der Waals surface area contributed by atoms with Crippen molar-refractivity contribution >= 4 is 0 Å². The number of rotatable bonds is 3. The van der Waals surface area contributed by atoms with Crippen molar-refractivity contribution in [3.8, 4) is 0 Å². The summed E-state index contributed by atoms with van der Waals surface area (Å²) in [5, 5.41) is 0. The molecule has 0 aromatic heterocycles. The van der Waals surface area contributed by atoms with E-state index in [1.54, 1.807) is 0 Å². The Labute approximate surface area is 85.1 Å². The standard InChI is InChI=1S/C13H28/c1-11(13(5,6)7)9-8-10-12(2,3)4/h11H,8-10H2,1-7H3/t11-/m1/s1. The molecule has 0 fully saturated rings. The molecule has 0 amide bonds. The van der Waals surface area contributed by atoms with Gasteiger partial charge in [-0.05, 0) is 23.2 Å². The molecule has 0 aliphatic carbocycles. The molecule has 0 aliphatic heterocycles.